The maximum absolute atomic E-state index is 12.2. The Bertz CT molecular complexity index is 523. The Morgan fingerprint density at radius 2 is 1.68 bits per heavy atom. The predicted octanol–water partition coefficient (Wildman–Crippen LogP) is 2.98. The summed E-state index contributed by atoms with van der Waals surface area (Å²) >= 11 is 0. The molecule has 1 heterocycles. The molecule has 22 heavy (non-hydrogen) atoms. The van der Waals surface area contributed by atoms with Gasteiger partial charge in [-0.2, -0.15) is 0 Å². The highest BCUT2D eigenvalue weighted by Gasteiger charge is 2.19. The Hall–Kier alpha value is -1.84. The summed E-state index contributed by atoms with van der Waals surface area (Å²) in [4.78, 5) is 25.9. The Morgan fingerprint density at radius 1 is 1.09 bits per heavy atom. The van der Waals surface area contributed by atoms with Crippen molar-refractivity contribution in [2.75, 3.05) is 13.1 Å². The molecule has 1 aromatic rings. The van der Waals surface area contributed by atoms with Gasteiger partial charge in [-0.1, -0.05) is 32.9 Å². The summed E-state index contributed by atoms with van der Waals surface area (Å²) in [7, 11) is 0. The van der Waals surface area contributed by atoms with Gasteiger partial charge in [0.15, 0.2) is 0 Å². The molecule has 0 spiro atoms. The highest BCUT2D eigenvalue weighted by atomic mass is 16.2. The predicted molar refractivity (Wildman–Crippen MR) is 87.5 cm³/mol. The number of rotatable bonds is 4. The molecule has 1 aliphatic rings. The third-order valence-electron chi connectivity index (χ3n) is 3.77. The molecular weight excluding hydrogens is 276 g/mol. The lowest BCUT2D eigenvalue weighted by molar-refractivity contribution is -0.122. The van der Waals surface area contributed by atoms with E-state index in [1.54, 1.807) is 0 Å². The SMILES string of the molecule is CC(C)(C)CC(=O)NCc1ccc(C(=O)N2CCCC2)cc1. The molecule has 4 heteroatoms. The van der Waals surface area contributed by atoms with E-state index in [-0.39, 0.29) is 17.2 Å². The van der Waals surface area contributed by atoms with Crippen molar-refractivity contribution < 1.29 is 9.59 Å². The van der Waals surface area contributed by atoms with Crippen LogP contribution in [0.25, 0.3) is 0 Å². The van der Waals surface area contributed by atoms with E-state index in [0.717, 1.165) is 37.1 Å². The van der Waals surface area contributed by atoms with Gasteiger partial charge in [0.2, 0.25) is 5.91 Å². The number of nitrogens with one attached hydrogen (secondary N) is 1. The van der Waals surface area contributed by atoms with Gasteiger partial charge in [-0.05, 0) is 36.0 Å². The van der Waals surface area contributed by atoms with Crippen LogP contribution >= 0.6 is 0 Å². The van der Waals surface area contributed by atoms with E-state index in [4.69, 9.17) is 0 Å². The molecule has 1 fully saturated rings. The van der Waals surface area contributed by atoms with Crippen molar-refractivity contribution in [3.8, 4) is 0 Å². The number of carbonyl (C=O) groups is 2. The number of nitrogens with zero attached hydrogens (tertiary/aromatic N) is 1. The fourth-order valence-electron chi connectivity index (χ4n) is 2.61. The van der Waals surface area contributed by atoms with E-state index in [9.17, 15) is 9.59 Å². The number of likely N-dealkylation sites (tertiary alicyclic amines) is 1. The third kappa shape index (κ3) is 4.86. The number of hydrogen-bond acceptors (Lipinski definition) is 2. The van der Waals surface area contributed by atoms with Crippen LogP contribution in [0.4, 0.5) is 0 Å². The number of amides is 2. The van der Waals surface area contributed by atoms with E-state index in [1.165, 1.54) is 0 Å². The topological polar surface area (TPSA) is 49.4 Å². The highest BCUT2D eigenvalue weighted by molar-refractivity contribution is 5.94. The van der Waals surface area contributed by atoms with Gasteiger partial charge in [0.1, 0.15) is 0 Å². The van der Waals surface area contributed by atoms with Crippen LogP contribution in [0.5, 0.6) is 0 Å². The van der Waals surface area contributed by atoms with Crippen LogP contribution in [0.1, 0.15) is 56.0 Å². The van der Waals surface area contributed by atoms with E-state index in [2.05, 4.69) is 5.32 Å². The second-order valence-corrected chi connectivity index (χ2v) is 7.21. The van der Waals surface area contributed by atoms with Crippen molar-refractivity contribution in [3.63, 3.8) is 0 Å². The van der Waals surface area contributed by atoms with Gasteiger partial charge in [-0.15, -0.1) is 0 Å². The molecule has 1 N–H and O–H groups in total. The van der Waals surface area contributed by atoms with Gasteiger partial charge in [-0.3, -0.25) is 9.59 Å². The highest BCUT2D eigenvalue weighted by Crippen LogP contribution is 2.18. The van der Waals surface area contributed by atoms with Crippen LogP contribution in [-0.2, 0) is 11.3 Å². The van der Waals surface area contributed by atoms with Gasteiger partial charge in [0, 0.05) is 31.6 Å². The first kappa shape index (κ1) is 16.5. The first-order valence-corrected chi connectivity index (χ1v) is 8.00. The van der Waals surface area contributed by atoms with Crippen molar-refractivity contribution in [3.05, 3.63) is 35.4 Å². The zero-order valence-corrected chi connectivity index (χ0v) is 13.8. The molecule has 0 aromatic heterocycles. The lowest BCUT2D eigenvalue weighted by Gasteiger charge is -2.17. The fraction of sp³-hybridized carbons (Fsp3) is 0.556. The molecule has 120 valence electrons. The Morgan fingerprint density at radius 3 is 2.23 bits per heavy atom. The Balaban J connectivity index is 1.86. The minimum absolute atomic E-state index is 0.00388. The Kier molecular flexibility index (Phi) is 5.22. The third-order valence-corrected chi connectivity index (χ3v) is 3.77. The maximum Gasteiger partial charge on any atom is 0.253 e. The van der Waals surface area contributed by atoms with Crippen molar-refractivity contribution >= 4 is 11.8 Å². The molecule has 1 saturated heterocycles. The summed E-state index contributed by atoms with van der Waals surface area (Å²) in [5, 5.41) is 2.93. The first-order valence-electron chi connectivity index (χ1n) is 8.00. The minimum atomic E-state index is -0.00388. The molecule has 0 saturated carbocycles. The normalized spacial score (nSPS) is 15.0. The second kappa shape index (κ2) is 6.95. The maximum atomic E-state index is 12.2. The Labute approximate surface area is 132 Å². The standard InChI is InChI=1S/C18H26N2O2/c1-18(2,3)12-16(21)19-13-14-6-8-15(9-7-14)17(22)20-10-4-5-11-20/h6-9H,4-5,10-13H2,1-3H3,(H,19,21). The largest absolute Gasteiger partial charge is 0.352 e. The lowest BCUT2D eigenvalue weighted by Crippen LogP contribution is -2.28. The fourth-order valence-corrected chi connectivity index (χ4v) is 2.61. The van der Waals surface area contributed by atoms with E-state index >= 15 is 0 Å². The van der Waals surface area contributed by atoms with Gasteiger partial charge < -0.3 is 10.2 Å². The zero-order valence-electron chi connectivity index (χ0n) is 13.8. The van der Waals surface area contributed by atoms with Crippen molar-refractivity contribution in [2.45, 2.75) is 46.6 Å². The average Bonchev–Trinajstić information content (AvgIpc) is 2.97. The minimum Gasteiger partial charge on any atom is -0.352 e. The first-order chi connectivity index (χ1) is 10.3. The van der Waals surface area contributed by atoms with Gasteiger partial charge in [0.25, 0.3) is 5.91 Å². The summed E-state index contributed by atoms with van der Waals surface area (Å²) in [6.07, 6.45) is 2.71. The number of hydrogen-bond donors (Lipinski definition) is 1. The lowest BCUT2D eigenvalue weighted by atomic mass is 9.92. The van der Waals surface area contributed by atoms with E-state index < -0.39 is 0 Å². The summed E-state index contributed by atoms with van der Waals surface area (Å²) < 4.78 is 0. The van der Waals surface area contributed by atoms with E-state index in [0.29, 0.717) is 13.0 Å². The number of benzene rings is 1. The molecular formula is C18H26N2O2. The summed E-state index contributed by atoms with van der Waals surface area (Å²) in [6, 6.07) is 7.54. The molecule has 0 atom stereocenters. The molecule has 4 nitrogen and oxygen atoms in total. The molecule has 0 unspecified atom stereocenters. The average molecular weight is 302 g/mol. The molecule has 2 rings (SSSR count). The van der Waals surface area contributed by atoms with Crippen LogP contribution < -0.4 is 5.32 Å². The van der Waals surface area contributed by atoms with Crippen molar-refractivity contribution in [1.82, 2.24) is 10.2 Å². The summed E-state index contributed by atoms with van der Waals surface area (Å²) in [5.41, 5.74) is 1.74. The van der Waals surface area contributed by atoms with Gasteiger partial charge >= 0.3 is 0 Å². The molecule has 2 amide bonds. The van der Waals surface area contributed by atoms with Crippen molar-refractivity contribution in [2.24, 2.45) is 5.41 Å². The smallest absolute Gasteiger partial charge is 0.253 e. The molecule has 0 aliphatic carbocycles. The monoisotopic (exact) mass is 302 g/mol. The van der Waals surface area contributed by atoms with Gasteiger partial charge in [-0.25, -0.2) is 0 Å². The van der Waals surface area contributed by atoms with Crippen LogP contribution in [-0.4, -0.2) is 29.8 Å². The quantitative estimate of drug-likeness (QED) is 0.929. The molecule has 0 radical (unpaired) electrons. The van der Waals surface area contributed by atoms with E-state index in [1.807, 2.05) is 49.9 Å². The van der Waals surface area contributed by atoms with Crippen molar-refractivity contribution in [1.29, 1.82) is 0 Å². The van der Waals surface area contributed by atoms with Crippen LogP contribution in [0.2, 0.25) is 0 Å². The molecule has 1 aliphatic heterocycles. The zero-order chi connectivity index (χ0) is 16.2. The summed E-state index contributed by atoms with van der Waals surface area (Å²) in [5.74, 6) is 0.172. The second-order valence-electron chi connectivity index (χ2n) is 7.21. The summed E-state index contributed by atoms with van der Waals surface area (Å²) in [6.45, 7) is 8.38. The van der Waals surface area contributed by atoms with Gasteiger partial charge in [0.05, 0.1) is 0 Å². The van der Waals surface area contributed by atoms with Crippen LogP contribution in [0, 0.1) is 5.41 Å². The molecule has 1 aromatic carbocycles. The molecule has 0 bridgehead atoms. The van der Waals surface area contributed by atoms with Crippen LogP contribution in [0.3, 0.4) is 0 Å². The van der Waals surface area contributed by atoms with Crippen LogP contribution in [0.15, 0.2) is 24.3 Å². The number of carbonyl (C=O) groups excluding carboxylic acids is 2.